The van der Waals surface area contributed by atoms with Crippen LogP contribution in [0.1, 0.15) is 25.9 Å². The second-order valence-corrected chi connectivity index (χ2v) is 6.16. The van der Waals surface area contributed by atoms with Gasteiger partial charge in [0.2, 0.25) is 0 Å². The van der Waals surface area contributed by atoms with Gasteiger partial charge in [0.05, 0.1) is 33.3 Å². The highest BCUT2D eigenvalue weighted by Crippen LogP contribution is 2.42. The monoisotopic (exact) mass is 282 g/mol. The molecule has 0 fully saturated rings. The molecule has 0 bridgehead atoms. The van der Waals surface area contributed by atoms with Crippen LogP contribution in [-0.2, 0) is 4.74 Å². The zero-order valence-electron chi connectivity index (χ0n) is 10.7. The normalized spacial score (nSPS) is 10.7. The van der Waals surface area contributed by atoms with Gasteiger partial charge in [0.1, 0.15) is 4.88 Å². The number of aromatic nitrogens is 1. The second-order valence-electron chi connectivity index (χ2n) is 3.94. The summed E-state index contributed by atoms with van der Waals surface area (Å²) in [7, 11) is 1.36. The molecule has 0 unspecified atom stereocenters. The Morgan fingerprint density at radius 3 is 2.39 bits per heavy atom. The van der Waals surface area contributed by atoms with Crippen molar-refractivity contribution in [1.29, 1.82) is 0 Å². The Balaban J connectivity index is 2.59. The maximum atomic E-state index is 11.6. The fraction of sp³-hybridized carbons (Fsp3) is 0.333. The molecule has 0 amide bonds. The van der Waals surface area contributed by atoms with Gasteiger partial charge in [0.25, 0.3) is 0 Å². The van der Waals surface area contributed by atoms with Crippen molar-refractivity contribution in [3.8, 4) is 9.75 Å². The van der Waals surface area contributed by atoms with E-state index in [0.29, 0.717) is 10.6 Å². The molecule has 0 radical (unpaired) electrons. The van der Waals surface area contributed by atoms with Crippen LogP contribution in [-0.4, -0.2) is 18.1 Å². The van der Waals surface area contributed by atoms with Crippen LogP contribution >= 0.6 is 22.7 Å². The number of esters is 1. The summed E-state index contributed by atoms with van der Waals surface area (Å²) in [6, 6.07) is 0. The average Bonchev–Trinajstić information content (AvgIpc) is 2.80. The minimum Gasteiger partial charge on any atom is -0.465 e. The number of hydrogen-bond donors (Lipinski definition) is 1. The Hall–Kier alpha value is -1.40. The van der Waals surface area contributed by atoms with Crippen LogP contribution in [0.5, 0.6) is 0 Å². The van der Waals surface area contributed by atoms with Gasteiger partial charge in [0, 0.05) is 0 Å². The molecule has 18 heavy (non-hydrogen) atoms. The zero-order valence-corrected chi connectivity index (χ0v) is 12.3. The van der Waals surface area contributed by atoms with Crippen molar-refractivity contribution >= 4 is 34.3 Å². The zero-order chi connectivity index (χ0) is 13.4. The number of aryl methyl sites for hydroxylation is 2. The number of anilines is 1. The summed E-state index contributed by atoms with van der Waals surface area (Å²) >= 11 is 2.98. The molecule has 2 aromatic rings. The van der Waals surface area contributed by atoms with Crippen molar-refractivity contribution in [3.05, 3.63) is 21.1 Å². The third-order valence-corrected chi connectivity index (χ3v) is 5.20. The van der Waals surface area contributed by atoms with Gasteiger partial charge in [-0.05, 0) is 26.3 Å². The SMILES string of the molecule is COC(=O)c1sc(-c2sc(C)nc2C)c(C)c1N. The van der Waals surface area contributed by atoms with E-state index in [1.54, 1.807) is 11.3 Å². The number of rotatable bonds is 2. The molecule has 0 aliphatic heterocycles. The van der Waals surface area contributed by atoms with E-state index < -0.39 is 0 Å². The lowest BCUT2D eigenvalue weighted by Gasteiger charge is -1.97. The van der Waals surface area contributed by atoms with Crippen molar-refractivity contribution in [2.45, 2.75) is 20.8 Å². The van der Waals surface area contributed by atoms with Crippen LogP contribution in [0.25, 0.3) is 9.75 Å². The first kappa shape index (κ1) is 13.0. The quantitative estimate of drug-likeness (QED) is 0.859. The molecule has 0 spiro atoms. The lowest BCUT2D eigenvalue weighted by molar-refractivity contribution is 0.0607. The predicted octanol–water partition coefficient (Wildman–Crippen LogP) is 3.17. The molecule has 0 aromatic carbocycles. The number of thiazole rings is 1. The van der Waals surface area contributed by atoms with Gasteiger partial charge in [-0.3, -0.25) is 0 Å². The van der Waals surface area contributed by atoms with E-state index in [9.17, 15) is 4.79 Å². The summed E-state index contributed by atoms with van der Waals surface area (Å²) in [5.74, 6) is -0.384. The number of methoxy groups -OCH3 is 1. The van der Waals surface area contributed by atoms with E-state index in [2.05, 4.69) is 4.98 Å². The van der Waals surface area contributed by atoms with Gasteiger partial charge in [-0.25, -0.2) is 9.78 Å². The van der Waals surface area contributed by atoms with E-state index >= 15 is 0 Å². The van der Waals surface area contributed by atoms with Crippen molar-refractivity contribution in [2.24, 2.45) is 0 Å². The lowest BCUT2D eigenvalue weighted by Crippen LogP contribution is -2.01. The predicted molar refractivity (Wildman–Crippen MR) is 75.4 cm³/mol. The Morgan fingerprint density at radius 1 is 1.22 bits per heavy atom. The lowest BCUT2D eigenvalue weighted by atomic mass is 10.2. The third kappa shape index (κ3) is 2.02. The van der Waals surface area contributed by atoms with Gasteiger partial charge in [-0.1, -0.05) is 0 Å². The average molecular weight is 282 g/mol. The first-order chi connectivity index (χ1) is 8.45. The largest absolute Gasteiger partial charge is 0.465 e. The number of carbonyl (C=O) groups is 1. The summed E-state index contributed by atoms with van der Waals surface area (Å²) in [5.41, 5.74) is 8.37. The summed E-state index contributed by atoms with van der Waals surface area (Å²) in [6.07, 6.45) is 0. The summed E-state index contributed by atoms with van der Waals surface area (Å²) in [5, 5.41) is 1.01. The molecule has 2 aromatic heterocycles. The summed E-state index contributed by atoms with van der Waals surface area (Å²) < 4.78 is 4.74. The minimum atomic E-state index is -0.384. The molecule has 0 aliphatic carbocycles. The Bertz CT molecular complexity index is 614. The number of carbonyl (C=O) groups excluding carboxylic acids is 1. The van der Waals surface area contributed by atoms with E-state index in [0.717, 1.165) is 26.0 Å². The van der Waals surface area contributed by atoms with Gasteiger partial charge < -0.3 is 10.5 Å². The van der Waals surface area contributed by atoms with Crippen LogP contribution in [0.3, 0.4) is 0 Å². The molecule has 0 aliphatic rings. The number of thiophene rings is 1. The molecule has 6 heteroatoms. The number of hydrogen-bond acceptors (Lipinski definition) is 6. The molecule has 96 valence electrons. The Morgan fingerprint density at radius 2 is 1.89 bits per heavy atom. The van der Waals surface area contributed by atoms with Crippen LogP contribution in [0.2, 0.25) is 0 Å². The number of nitrogens with zero attached hydrogens (tertiary/aromatic N) is 1. The molecule has 2 N–H and O–H groups in total. The number of ether oxygens (including phenoxy) is 1. The van der Waals surface area contributed by atoms with E-state index in [-0.39, 0.29) is 5.97 Å². The standard InChI is InChI=1S/C12H14N2O2S2/c1-5-8(13)11(12(15)16-4)18-9(5)10-6(2)14-7(3)17-10/h13H2,1-4H3. The molecule has 0 saturated heterocycles. The van der Waals surface area contributed by atoms with Crippen LogP contribution in [0, 0.1) is 20.8 Å². The highest BCUT2D eigenvalue weighted by molar-refractivity contribution is 7.23. The first-order valence-electron chi connectivity index (χ1n) is 5.37. The van der Waals surface area contributed by atoms with Crippen LogP contribution in [0.4, 0.5) is 5.69 Å². The first-order valence-corrected chi connectivity index (χ1v) is 7.00. The second kappa shape index (κ2) is 4.70. The molecular formula is C12H14N2O2S2. The summed E-state index contributed by atoms with van der Waals surface area (Å²) in [4.78, 5) is 18.6. The summed E-state index contributed by atoms with van der Waals surface area (Å²) in [6.45, 7) is 5.85. The Labute approximate surface area is 113 Å². The number of nitrogen functional groups attached to an aromatic ring is 1. The van der Waals surface area contributed by atoms with Crippen molar-refractivity contribution in [1.82, 2.24) is 4.98 Å². The number of nitrogens with two attached hydrogens (primary N) is 1. The molecular weight excluding hydrogens is 268 g/mol. The molecule has 4 nitrogen and oxygen atoms in total. The minimum absolute atomic E-state index is 0.384. The van der Waals surface area contributed by atoms with Gasteiger partial charge in [-0.15, -0.1) is 22.7 Å². The van der Waals surface area contributed by atoms with Crippen molar-refractivity contribution in [3.63, 3.8) is 0 Å². The maximum Gasteiger partial charge on any atom is 0.350 e. The van der Waals surface area contributed by atoms with Gasteiger partial charge in [0.15, 0.2) is 0 Å². The molecule has 0 saturated carbocycles. The van der Waals surface area contributed by atoms with E-state index in [4.69, 9.17) is 10.5 Å². The molecule has 0 atom stereocenters. The molecule has 2 heterocycles. The topological polar surface area (TPSA) is 65.2 Å². The van der Waals surface area contributed by atoms with Crippen molar-refractivity contribution < 1.29 is 9.53 Å². The maximum absolute atomic E-state index is 11.6. The highest BCUT2D eigenvalue weighted by atomic mass is 32.1. The smallest absolute Gasteiger partial charge is 0.350 e. The highest BCUT2D eigenvalue weighted by Gasteiger charge is 2.22. The molecule has 2 rings (SSSR count). The Kier molecular flexibility index (Phi) is 3.41. The van der Waals surface area contributed by atoms with E-state index in [1.807, 2.05) is 20.8 Å². The fourth-order valence-electron chi connectivity index (χ4n) is 1.73. The van der Waals surface area contributed by atoms with Crippen LogP contribution in [0.15, 0.2) is 0 Å². The fourth-order valence-corrected chi connectivity index (χ4v) is 4.03. The third-order valence-electron chi connectivity index (χ3n) is 2.67. The van der Waals surface area contributed by atoms with Crippen LogP contribution < -0.4 is 5.73 Å². The van der Waals surface area contributed by atoms with Gasteiger partial charge in [-0.2, -0.15) is 0 Å². The van der Waals surface area contributed by atoms with Gasteiger partial charge >= 0.3 is 5.97 Å². The van der Waals surface area contributed by atoms with Crippen molar-refractivity contribution in [2.75, 3.05) is 12.8 Å². The van der Waals surface area contributed by atoms with E-state index in [1.165, 1.54) is 18.4 Å².